The number of amides is 2. The van der Waals surface area contributed by atoms with Gasteiger partial charge in [0.1, 0.15) is 17.3 Å². The Hall–Kier alpha value is -3.54. The lowest BCUT2D eigenvalue weighted by molar-refractivity contribution is 0.0118. The van der Waals surface area contributed by atoms with Gasteiger partial charge in [-0.05, 0) is 162 Å². The molecule has 2 fully saturated rings. The highest BCUT2D eigenvalue weighted by atomic mass is 35.5. The van der Waals surface area contributed by atoms with Crippen molar-refractivity contribution >= 4 is 58.6 Å². The summed E-state index contributed by atoms with van der Waals surface area (Å²) in [7, 11) is 0. The predicted octanol–water partition coefficient (Wildman–Crippen LogP) is 13.0. The van der Waals surface area contributed by atoms with Crippen molar-refractivity contribution in [2.45, 2.75) is 107 Å². The number of nitrogens with one attached hydrogen (secondary N) is 1. The van der Waals surface area contributed by atoms with Gasteiger partial charge in [-0.3, -0.25) is 4.90 Å². The maximum Gasteiger partial charge on any atom is 0.410 e. The Kier molecular flexibility index (Phi) is 21.8. The molecule has 2 N–H and O–H groups in total. The molecule has 0 unspecified atom stereocenters. The van der Waals surface area contributed by atoms with Crippen LogP contribution in [-0.4, -0.2) is 95.6 Å². The molecule has 6 rings (SSSR count). The summed E-state index contributed by atoms with van der Waals surface area (Å²) in [5.74, 6) is 0. The van der Waals surface area contributed by atoms with E-state index < -0.39 is 11.7 Å². The van der Waals surface area contributed by atoms with Crippen molar-refractivity contribution in [1.82, 2.24) is 20.0 Å². The van der Waals surface area contributed by atoms with Crippen LogP contribution in [0.15, 0.2) is 72.8 Å². The normalized spacial score (nSPS) is 14.4. The van der Waals surface area contributed by atoms with E-state index in [4.69, 9.17) is 55.9 Å². The first-order chi connectivity index (χ1) is 28.5. The van der Waals surface area contributed by atoms with Gasteiger partial charge in [-0.15, -0.1) is 0 Å². The van der Waals surface area contributed by atoms with Crippen LogP contribution in [0.1, 0.15) is 113 Å². The van der Waals surface area contributed by atoms with Crippen molar-refractivity contribution in [1.29, 1.82) is 0 Å². The molecule has 4 aromatic rings. The molecule has 0 radical (unpaired) electrons. The van der Waals surface area contributed by atoms with Crippen molar-refractivity contribution in [2.24, 2.45) is 0 Å². The highest BCUT2D eigenvalue weighted by molar-refractivity contribution is 6.31. The number of aliphatic hydroxyl groups excluding tert-OH is 1. The molecular formula is C50H70Cl4N4O5. The second kappa shape index (κ2) is 24.7. The molecule has 2 aliphatic heterocycles. The highest BCUT2D eigenvalue weighted by Gasteiger charge is 2.32. The van der Waals surface area contributed by atoms with Gasteiger partial charge in [0, 0.05) is 72.4 Å². The van der Waals surface area contributed by atoms with Gasteiger partial charge in [-0.1, -0.05) is 85.5 Å². The fourth-order valence-corrected chi connectivity index (χ4v) is 8.08. The molecule has 4 aromatic carbocycles. The van der Waals surface area contributed by atoms with Crippen LogP contribution < -0.4 is 5.32 Å². The van der Waals surface area contributed by atoms with E-state index in [1.165, 1.54) is 11.1 Å². The summed E-state index contributed by atoms with van der Waals surface area (Å²) in [6.07, 6.45) is -1.10. The third kappa shape index (κ3) is 17.1. The summed E-state index contributed by atoms with van der Waals surface area (Å²) in [4.78, 5) is 29.9. The second-order valence-electron chi connectivity index (χ2n) is 17.5. The van der Waals surface area contributed by atoms with Crippen molar-refractivity contribution in [2.75, 3.05) is 52.4 Å². The molecule has 2 saturated heterocycles. The van der Waals surface area contributed by atoms with Gasteiger partial charge in [0.05, 0.1) is 6.04 Å². The number of carbonyl (C=O) groups excluding carboxylic acids is 2. The molecule has 2 heterocycles. The average Bonchev–Trinajstić information content (AvgIpc) is 3.16. The summed E-state index contributed by atoms with van der Waals surface area (Å²) < 4.78 is 10.8. The third-order valence-electron chi connectivity index (χ3n) is 10.2. The Morgan fingerprint density at radius 1 is 0.540 bits per heavy atom. The molecule has 9 nitrogen and oxygen atoms in total. The number of rotatable bonds is 5. The van der Waals surface area contributed by atoms with Gasteiger partial charge in [0.2, 0.25) is 0 Å². The Labute approximate surface area is 397 Å². The predicted molar refractivity (Wildman–Crippen MR) is 264 cm³/mol. The Morgan fingerprint density at radius 3 is 1.14 bits per heavy atom. The van der Waals surface area contributed by atoms with Crippen LogP contribution in [0, 0.1) is 27.7 Å². The van der Waals surface area contributed by atoms with E-state index in [1.807, 2.05) is 104 Å². The number of hydrogen-bond acceptors (Lipinski definition) is 7. The van der Waals surface area contributed by atoms with Crippen LogP contribution in [0.25, 0.3) is 0 Å². The third-order valence-corrected chi connectivity index (χ3v) is 11.1. The Morgan fingerprint density at radius 2 is 0.841 bits per heavy atom. The molecule has 0 saturated carbocycles. The quantitative estimate of drug-likeness (QED) is 0.206. The number of ether oxygens (including phenoxy) is 2. The molecular weight excluding hydrogens is 878 g/mol. The van der Waals surface area contributed by atoms with Crippen molar-refractivity contribution in [3.8, 4) is 0 Å². The number of carbonyl (C=O) groups is 2. The number of nitrogens with zero attached hydrogens (tertiary/aromatic N) is 3. The summed E-state index contributed by atoms with van der Waals surface area (Å²) in [5, 5.41) is 16.5. The van der Waals surface area contributed by atoms with E-state index in [2.05, 4.69) is 36.2 Å². The molecule has 0 spiro atoms. The van der Waals surface area contributed by atoms with Gasteiger partial charge in [0.25, 0.3) is 0 Å². The zero-order valence-electron chi connectivity index (χ0n) is 37.2. The van der Waals surface area contributed by atoms with E-state index in [9.17, 15) is 14.7 Å². The van der Waals surface area contributed by atoms with Crippen molar-refractivity contribution in [3.63, 3.8) is 0 Å². The van der Waals surface area contributed by atoms with Gasteiger partial charge < -0.3 is 29.7 Å². The van der Waals surface area contributed by atoms with Gasteiger partial charge in [-0.25, -0.2) is 9.59 Å². The van der Waals surface area contributed by atoms with E-state index in [0.717, 1.165) is 82.7 Å². The van der Waals surface area contributed by atoms with Crippen LogP contribution in [0.4, 0.5) is 9.59 Å². The van der Waals surface area contributed by atoms with Crippen LogP contribution in [0.2, 0.25) is 20.1 Å². The summed E-state index contributed by atoms with van der Waals surface area (Å²) in [5.41, 5.74) is 7.54. The maximum absolute atomic E-state index is 12.5. The van der Waals surface area contributed by atoms with E-state index in [-0.39, 0.29) is 38.7 Å². The summed E-state index contributed by atoms with van der Waals surface area (Å²) in [6, 6.07) is 23.2. The van der Waals surface area contributed by atoms with Gasteiger partial charge in [-0.2, -0.15) is 0 Å². The molecule has 2 aliphatic rings. The average molecular weight is 949 g/mol. The number of hydrogen-bond donors (Lipinski definition) is 2. The lowest BCUT2D eigenvalue weighted by atomic mass is 9.90. The first-order valence-corrected chi connectivity index (χ1v) is 22.2. The largest absolute Gasteiger partial charge is 0.444 e. The topological polar surface area (TPSA) is 94.6 Å². The summed E-state index contributed by atoms with van der Waals surface area (Å²) >= 11 is 24.3. The van der Waals surface area contributed by atoms with Crippen LogP contribution in [-0.2, 0) is 9.47 Å². The van der Waals surface area contributed by atoms with E-state index >= 15 is 0 Å². The first kappa shape index (κ1) is 55.6. The van der Waals surface area contributed by atoms with E-state index in [1.54, 1.807) is 21.9 Å². The van der Waals surface area contributed by atoms with Crippen LogP contribution in [0.3, 0.4) is 0 Å². The minimum atomic E-state index is -0.653. The SMILES string of the molecule is C.C.CC(C)(C)OC(=O)N1CCNCC1.Cc1cc(Cl)ccc1C(O)c1ccc(Cl)cc1C.Cc1cc(Cl)ccc1C(c1ccc(Cl)cc1C)N1CCN(C(=O)OC(C)(C)C)CC1. The fraction of sp³-hybridized carbons (Fsp3) is 0.480. The molecule has 0 aliphatic carbocycles. The number of benzene rings is 4. The molecule has 0 bridgehead atoms. The second-order valence-corrected chi connectivity index (χ2v) is 19.3. The lowest BCUT2D eigenvalue weighted by Crippen LogP contribution is -2.51. The smallest absolute Gasteiger partial charge is 0.410 e. The molecule has 348 valence electrons. The molecule has 2 amide bonds. The van der Waals surface area contributed by atoms with Crippen molar-refractivity contribution < 1.29 is 24.2 Å². The zero-order valence-corrected chi connectivity index (χ0v) is 40.2. The molecule has 0 aromatic heterocycles. The molecule has 0 atom stereocenters. The van der Waals surface area contributed by atoms with Crippen molar-refractivity contribution in [3.05, 3.63) is 137 Å². The monoisotopic (exact) mass is 946 g/mol. The van der Waals surface area contributed by atoms with E-state index in [0.29, 0.717) is 23.1 Å². The Bertz CT molecular complexity index is 2000. The first-order valence-electron chi connectivity index (χ1n) is 20.7. The van der Waals surface area contributed by atoms with Gasteiger partial charge >= 0.3 is 12.2 Å². The maximum atomic E-state index is 12.5. The lowest BCUT2D eigenvalue weighted by Gasteiger charge is -2.40. The zero-order chi connectivity index (χ0) is 45.2. The van der Waals surface area contributed by atoms with Crippen LogP contribution >= 0.6 is 46.4 Å². The van der Waals surface area contributed by atoms with Gasteiger partial charge in [0.15, 0.2) is 0 Å². The Balaban J connectivity index is 0.000000352. The fourth-order valence-electron chi connectivity index (χ4n) is 7.18. The molecule has 63 heavy (non-hydrogen) atoms. The van der Waals surface area contributed by atoms with Crippen LogP contribution in [0.5, 0.6) is 0 Å². The summed E-state index contributed by atoms with van der Waals surface area (Å²) in [6.45, 7) is 25.4. The molecule has 13 heteroatoms. The number of halogens is 4. The number of piperazine rings is 2. The minimum Gasteiger partial charge on any atom is -0.444 e. The minimum absolute atomic E-state index is 0. The number of aliphatic hydroxyl groups is 1. The standard InChI is InChI=1S/C24H30Cl2N2O2.C15H14Cl2O.C9H18N2O2.2CH4/c1-16-14-18(25)6-8-20(16)22(21-9-7-19(26)15-17(21)2)27-10-12-28(13-11-27)23(29)30-24(3,4)5;1-9-7-11(16)3-5-13(9)15(18)14-6-4-12(17)8-10(14)2;1-9(2,3)13-8(12)11-6-4-10-5-7-11;;/h6-9,14-15,22H,10-13H2,1-5H3;3-8,15,18H,1-2H3;10H,4-7H2,1-3H3;2*1H4. The number of aryl methyl sites for hydroxylation is 4. The highest BCUT2D eigenvalue weighted by Crippen LogP contribution is 2.36.